The largest absolute Gasteiger partial charge is 0.493 e. The second-order valence-electron chi connectivity index (χ2n) is 8.58. The summed E-state index contributed by atoms with van der Waals surface area (Å²) in [6, 6.07) is 27.3. The Bertz CT molecular complexity index is 1360. The van der Waals surface area contributed by atoms with Crippen molar-refractivity contribution in [3.8, 4) is 16.2 Å². The highest BCUT2D eigenvalue weighted by molar-refractivity contribution is 7.13. The SMILES string of the molecule is [2H]C([2H])(c1ccccc1)N(Cc1ccccc1OCCCCCC(=O)O)C(=O)c1ccc(-c2cccs2)cc1. The number of hydrogen-bond acceptors (Lipinski definition) is 4. The van der Waals surface area contributed by atoms with E-state index in [1.807, 2.05) is 60.0 Å². The molecule has 0 unspecified atom stereocenters. The molecule has 0 aliphatic carbocycles. The number of unbranched alkanes of at least 4 members (excludes halogenated alkanes) is 2. The third kappa shape index (κ3) is 7.79. The minimum Gasteiger partial charge on any atom is -0.493 e. The average molecular weight is 516 g/mol. The molecule has 0 spiro atoms. The van der Waals surface area contributed by atoms with Crippen molar-refractivity contribution in [1.29, 1.82) is 0 Å². The lowest BCUT2D eigenvalue weighted by Crippen LogP contribution is -2.30. The van der Waals surface area contributed by atoms with Crippen LogP contribution >= 0.6 is 11.3 Å². The molecular formula is C31H31NO4S. The summed E-state index contributed by atoms with van der Waals surface area (Å²) in [6.45, 7) is -1.68. The molecule has 1 aromatic heterocycles. The van der Waals surface area contributed by atoms with Gasteiger partial charge in [-0.15, -0.1) is 11.3 Å². The summed E-state index contributed by atoms with van der Waals surface area (Å²) in [5.74, 6) is -0.657. The lowest BCUT2D eigenvalue weighted by Gasteiger charge is -2.24. The molecule has 0 saturated heterocycles. The quantitative estimate of drug-likeness (QED) is 0.190. The molecule has 4 rings (SSSR count). The molecule has 0 fully saturated rings. The number of ether oxygens (including phenoxy) is 1. The van der Waals surface area contributed by atoms with Crippen molar-refractivity contribution in [3.63, 3.8) is 0 Å². The molecule has 0 saturated carbocycles. The number of carbonyl (C=O) groups is 2. The number of amides is 1. The number of para-hydroxylation sites is 1. The third-order valence-corrected chi connectivity index (χ3v) is 6.73. The van der Waals surface area contributed by atoms with E-state index in [4.69, 9.17) is 12.6 Å². The smallest absolute Gasteiger partial charge is 0.303 e. The number of carbonyl (C=O) groups excluding carboxylic acids is 1. The van der Waals surface area contributed by atoms with Crippen LogP contribution < -0.4 is 4.74 Å². The van der Waals surface area contributed by atoms with E-state index in [9.17, 15) is 9.59 Å². The minimum atomic E-state index is -2.09. The van der Waals surface area contributed by atoms with Gasteiger partial charge in [-0.25, -0.2) is 0 Å². The molecule has 37 heavy (non-hydrogen) atoms. The molecule has 1 amide bonds. The van der Waals surface area contributed by atoms with Gasteiger partial charge in [0.1, 0.15) is 5.75 Å². The maximum Gasteiger partial charge on any atom is 0.303 e. The number of carboxylic acid groups (broad SMARTS) is 1. The molecule has 190 valence electrons. The highest BCUT2D eigenvalue weighted by atomic mass is 32.1. The van der Waals surface area contributed by atoms with Crippen LogP contribution in [0.1, 0.15) is 49.9 Å². The van der Waals surface area contributed by atoms with Crippen molar-refractivity contribution in [1.82, 2.24) is 4.90 Å². The Hall–Kier alpha value is -3.90. The monoisotopic (exact) mass is 515 g/mol. The van der Waals surface area contributed by atoms with Gasteiger partial charge in [0.05, 0.1) is 9.35 Å². The van der Waals surface area contributed by atoms with Crippen LogP contribution in [0.15, 0.2) is 96.4 Å². The molecule has 0 radical (unpaired) electrons. The number of hydrogen-bond donors (Lipinski definition) is 1. The Morgan fingerprint density at radius 3 is 2.35 bits per heavy atom. The van der Waals surface area contributed by atoms with Gasteiger partial charge in [-0.2, -0.15) is 0 Å². The summed E-state index contributed by atoms with van der Waals surface area (Å²) < 4.78 is 24.0. The van der Waals surface area contributed by atoms with E-state index in [2.05, 4.69) is 0 Å². The van der Waals surface area contributed by atoms with Crippen molar-refractivity contribution >= 4 is 23.2 Å². The summed E-state index contributed by atoms with van der Waals surface area (Å²) in [5.41, 5.74) is 2.46. The van der Waals surface area contributed by atoms with Crippen molar-refractivity contribution in [2.24, 2.45) is 0 Å². The third-order valence-electron chi connectivity index (χ3n) is 5.81. The van der Waals surface area contributed by atoms with Crippen LogP contribution in [0.4, 0.5) is 0 Å². The van der Waals surface area contributed by atoms with E-state index >= 15 is 0 Å². The molecular weight excluding hydrogens is 482 g/mol. The van der Waals surface area contributed by atoms with E-state index in [0.29, 0.717) is 41.9 Å². The van der Waals surface area contributed by atoms with E-state index in [0.717, 1.165) is 16.9 Å². The van der Waals surface area contributed by atoms with Gasteiger partial charge in [0.2, 0.25) is 0 Å². The van der Waals surface area contributed by atoms with Crippen molar-refractivity contribution in [2.75, 3.05) is 6.61 Å². The van der Waals surface area contributed by atoms with Gasteiger partial charge in [0.25, 0.3) is 5.91 Å². The zero-order valence-electron chi connectivity index (χ0n) is 22.5. The van der Waals surface area contributed by atoms with Gasteiger partial charge >= 0.3 is 5.97 Å². The fourth-order valence-electron chi connectivity index (χ4n) is 3.89. The molecule has 3 aromatic carbocycles. The Labute approximate surface area is 224 Å². The van der Waals surface area contributed by atoms with Crippen LogP contribution in [0, 0.1) is 0 Å². The summed E-state index contributed by atoms with van der Waals surface area (Å²) >= 11 is 1.62. The Kier molecular flexibility index (Phi) is 8.52. The molecule has 5 nitrogen and oxygen atoms in total. The fourth-order valence-corrected chi connectivity index (χ4v) is 4.62. The lowest BCUT2D eigenvalue weighted by molar-refractivity contribution is -0.137. The summed E-state index contributed by atoms with van der Waals surface area (Å²) in [4.78, 5) is 26.9. The standard InChI is InChI=1S/C31H31NO4S/c33-30(34)15-5-2-8-20-36-28-13-7-6-12-27(28)23-32(22-24-10-3-1-4-11-24)31(35)26-18-16-25(17-19-26)29-14-9-21-37-29/h1,3-4,6-7,9-14,16-19,21H,2,5,8,15,20,22-23H2,(H,33,34)/i22D2. The fraction of sp³-hybridized carbons (Fsp3) is 0.226. The zero-order chi connectivity index (χ0) is 27.7. The van der Waals surface area contributed by atoms with Gasteiger partial charge in [-0.1, -0.05) is 66.7 Å². The molecule has 1 N–H and O–H groups in total. The summed E-state index contributed by atoms with van der Waals surface area (Å²) in [7, 11) is 0. The Balaban J connectivity index is 1.57. The lowest BCUT2D eigenvalue weighted by atomic mass is 10.1. The molecule has 0 aliphatic rings. The molecule has 4 aromatic rings. The van der Waals surface area contributed by atoms with Crippen LogP contribution in [0.5, 0.6) is 5.75 Å². The number of rotatable bonds is 13. The Morgan fingerprint density at radius 2 is 1.62 bits per heavy atom. The topological polar surface area (TPSA) is 66.8 Å². The number of thiophene rings is 1. The van der Waals surface area contributed by atoms with Gasteiger partial charge in [-0.3, -0.25) is 9.59 Å². The number of nitrogens with zero attached hydrogens (tertiary/aromatic N) is 1. The van der Waals surface area contributed by atoms with Crippen LogP contribution in [-0.2, 0) is 17.8 Å². The molecule has 0 aliphatic heterocycles. The van der Waals surface area contributed by atoms with E-state index < -0.39 is 18.4 Å². The van der Waals surface area contributed by atoms with Crippen LogP contribution in [0.2, 0.25) is 0 Å². The van der Waals surface area contributed by atoms with Crippen LogP contribution in [-0.4, -0.2) is 28.5 Å². The van der Waals surface area contributed by atoms with Gasteiger partial charge in [0.15, 0.2) is 0 Å². The zero-order valence-corrected chi connectivity index (χ0v) is 21.3. The second kappa shape index (κ2) is 13.4. The van der Waals surface area contributed by atoms with E-state index in [-0.39, 0.29) is 13.0 Å². The normalized spacial score (nSPS) is 11.9. The van der Waals surface area contributed by atoms with E-state index in [1.54, 1.807) is 47.7 Å². The highest BCUT2D eigenvalue weighted by Crippen LogP contribution is 2.26. The number of benzene rings is 3. The van der Waals surface area contributed by atoms with Crippen molar-refractivity contribution in [2.45, 2.75) is 38.7 Å². The average Bonchev–Trinajstić information content (AvgIpc) is 3.49. The maximum atomic E-state index is 13.9. The van der Waals surface area contributed by atoms with Crippen LogP contribution in [0.25, 0.3) is 10.4 Å². The predicted molar refractivity (Wildman–Crippen MR) is 148 cm³/mol. The molecule has 0 bridgehead atoms. The first kappa shape index (κ1) is 23.5. The van der Waals surface area contributed by atoms with Crippen molar-refractivity contribution < 1.29 is 22.2 Å². The minimum absolute atomic E-state index is 0.00257. The summed E-state index contributed by atoms with van der Waals surface area (Å²) in [6.07, 6.45) is 2.16. The predicted octanol–water partition coefficient (Wildman–Crippen LogP) is 7.28. The first-order valence-electron chi connectivity index (χ1n) is 13.3. The number of carboxylic acids is 1. The van der Waals surface area contributed by atoms with E-state index in [1.165, 1.54) is 4.90 Å². The second-order valence-corrected chi connectivity index (χ2v) is 9.53. The maximum absolute atomic E-state index is 13.9. The molecule has 1 heterocycles. The number of aliphatic carboxylic acids is 1. The van der Waals surface area contributed by atoms with Crippen LogP contribution in [0.3, 0.4) is 0 Å². The Morgan fingerprint density at radius 1 is 0.865 bits per heavy atom. The molecule has 6 heteroatoms. The highest BCUT2D eigenvalue weighted by Gasteiger charge is 2.19. The van der Waals surface area contributed by atoms with Gasteiger partial charge < -0.3 is 14.7 Å². The van der Waals surface area contributed by atoms with Gasteiger partial charge in [0, 0.05) is 35.5 Å². The summed E-state index contributed by atoms with van der Waals surface area (Å²) in [5, 5.41) is 10.8. The first-order valence-corrected chi connectivity index (χ1v) is 13.2. The van der Waals surface area contributed by atoms with Crippen molar-refractivity contribution in [3.05, 3.63) is 113 Å². The first-order chi connectivity index (χ1) is 18.9. The molecule has 0 atom stereocenters. The van der Waals surface area contributed by atoms with Gasteiger partial charge in [-0.05, 0) is 60.0 Å².